The van der Waals surface area contributed by atoms with Gasteiger partial charge >= 0.3 is 11.9 Å². The monoisotopic (exact) mass is 728 g/mol. The summed E-state index contributed by atoms with van der Waals surface area (Å²) in [5, 5.41) is 1.93. The molecule has 8 nitrogen and oxygen atoms in total. The zero-order valence-corrected chi connectivity index (χ0v) is 28.7. The molecule has 0 unspecified atom stereocenters. The molecule has 0 fully saturated rings. The summed E-state index contributed by atoms with van der Waals surface area (Å²) in [6.45, 7) is 4.35. The third kappa shape index (κ3) is 6.92. The van der Waals surface area contributed by atoms with Crippen molar-refractivity contribution in [3.05, 3.63) is 147 Å². The number of thiazole rings is 1. The third-order valence-corrected chi connectivity index (χ3v) is 9.83. The molecule has 0 saturated heterocycles. The van der Waals surface area contributed by atoms with Gasteiger partial charge in [-0.3, -0.25) is 9.36 Å². The lowest BCUT2D eigenvalue weighted by atomic mass is 9.97. The van der Waals surface area contributed by atoms with Crippen LogP contribution in [0.2, 0.25) is 0 Å². The fourth-order valence-corrected chi connectivity index (χ4v) is 7.48. The topological polar surface area (TPSA) is 96.2 Å². The quantitative estimate of drug-likeness (QED) is 0.152. The van der Waals surface area contributed by atoms with E-state index in [4.69, 9.17) is 19.2 Å². The van der Waals surface area contributed by atoms with Gasteiger partial charge in [0.25, 0.3) is 5.56 Å². The average molecular weight is 730 g/mol. The highest BCUT2D eigenvalue weighted by atomic mass is 79.9. The molecule has 6 rings (SSSR count). The highest BCUT2D eigenvalue weighted by Gasteiger charge is 2.35. The summed E-state index contributed by atoms with van der Waals surface area (Å²) in [7, 11) is 0. The number of rotatable bonds is 10. The first-order chi connectivity index (χ1) is 22.9. The van der Waals surface area contributed by atoms with E-state index in [1.807, 2.05) is 84.3 Å². The molecule has 238 valence electrons. The number of thiophene rings is 1. The number of fused-ring (bicyclic) bond motifs is 1. The molecule has 2 aromatic heterocycles. The Bertz CT molecular complexity index is 2140. The van der Waals surface area contributed by atoms with E-state index in [9.17, 15) is 14.4 Å². The van der Waals surface area contributed by atoms with Crippen LogP contribution in [0.25, 0.3) is 11.8 Å². The van der Waals surface area contributed by atoms with E-state index in [-0.39, 0.29) is 18.1 Å². The maximum Gasteiger partial charge on any atom is 0.338 e. The fraction of sp³-hybridized carbons (Fsp3) is 0.167. The van der Waals surface area contributed by atoms with Crippen LogP contribution in [-0.4, -0.2) is 29.7 Å². The van der Waals surface area contributed by atoms with E-state index in [1.165, 1.54) is 22.7 Å². The Morgan fingerprint density at radius 3 is 2.36 bits per heavy atom. The van der Waals surface area contributed by atoms with Gasteiger partial charge in [0.2, 0.25) is 0 Å². The highest BCUT2D eigenvalue weighted by Crippen LogP contribution is 2.37. The molecule has 1 aliphatic rings. The minimum Gasteiger partial charge on any atom is -0.488 e. The van der Waals surface area contributed by atoms with Gasteiger partial charge in [0, 0.05) is 10.4 Å². The van der Waals surface area contributed by atoms with E-state index in [1.54, 1.807) is 30.5 Å². The zero-order valence-electron chi connectivity index (χ0n) is 25.5. The van der Waals surface area contributed by atoms with Crippen molar-refractivity contribution in [2.75, 3.05) is 13.2 Å². The molecular formula is C36H29BrN2O6S2. The van der Waals surface area contributed by atoms with Crippen LogP contribution in [0.1, 0.15) is 51.8 Å². The Morgan fingerprint density at radius 2 is 1.68 bits per heavy atom. The van der Waals surface area contributed by atoms with Crippen molar-refractivity contribution in [2.45, 2.75) is 26.5 Å². The first-order valence-corrected chi connectivity index (χ1v) is 17.4. The molecule has 0 spiro atoms. The van der Waals surface area contributed by atoms with Gasteiger partial charge in [-0.2, -0.15) is 0 Å². The normalized spacial score (nSPS) is 14.4. The predicted molar refractivity (Wildman–Crippen MR) is 186 cm³/mol. The summed E-state index contributed by atoms with van der Waals surface area (Å²) < 4.78 is 19.4. The van der Waals surface area contributed by atoms with Crippen LogP contribution >= 0.6 is 38.6 Å². The molecule has 0 amide bonds. The maximum atomic E-state index is 14.1. The molecule has 3 heterocycles. The largest absolute Gasteiger partial charge is 0.488 e. The van der Waals surface area contributed by atoms with E-state index in [0.717, 1.165) is 26.0 Å². The third-order valence-electron chi connectivity index (χ3n) is 7.30. The Hall–Kier alpha value is -4.58. The number of ether oxygens (including phenoxy) is 3. The number of carbonyl (C=O) groups is 2. The van der Waals surface area contributed by atoms with E-state index >= 15 is 0 Å². The average Bonchev–Trinajstić information content (AvgIpc) is 3.73. The molecule has 1 aliphatic heterocycles. The van der Waals surface area contributed by atoms with Crippen LogP contribution < -0.4 is 19.6 Å². The second kappa shape index (κ2) is 14.5. The SMILES string of the molecule is CCOC(=O)C1=C(c2ccccc2)N=c2s/c(=C\c3ccc(OCc4ccc(C(=O)OCC)cc4)c(Br)c3)c(=O)n2[C@@H]1c1cccs1. The summed E-state index contributed by atoms with van der Waals surface area (Å²) in [5.41, 5.74) is 3.52. The Balaban J connectivity index is 1.34. The van der Waals surface area contributed by atoms with Crippen molar-refractivity contribution >= 4 is 62.3 Å². The van der Waals surface area contributed by atoms with Crippen molar-refractivity contribution in [2.24, 2.45) is 4.99 Å². The molecule has 5 aromatic rings. The molecule has 0 bridgehead atoms. The van der Waals surface area contributed by atoms with E-state index in [0.29, 0.717) is 45.1 Å². The number of aromatic nitrogens is 1. The van der Waals surface area contributed by atoms with Gasteiger partial charge < -0.3 is 14.2 Å². The van der Waals surface area contributed by atoms with Crippen LogP contribution in [0.5, 0.6) is 5.75 Å². The standard InChI is InChI=1S/C36H29BrN2O6S2/c1-3-43-34(41)25-15-12-22(13-16-25)21-45-27-17-14-23(19-26(27)37)20-29-33(40)39-32(28-11-8-18-46-28)30(35(42)44-4-2)31(38-36(39)47-29)24-9-6-5-7-10-24/h5-20,32H,3-4,21H2,1-2H3/b29-20-/t32-/m1/s1. The molecule has 3 aromatic carbocycles. The lowest BCUT2D eigenvalue weighted by molar-refractivity contribution is -0.138. The summed E-state index contributed by atoms with van der Waals surface area (Å²) in [6.07, 6.45) is 1.81. The minimum absolute atomic E-state index is 0.197. The van der Waals surface area contributed by atoms with Crippen LogP contribution in [0.4, 0.5) is 0 Å². The zero-order chi connectivity index (χ0) is 32.9. The number of hydrogen-bond donors (Lipinski definition) is 0. The first kappa shape index (κ1) is 32.4. The highest BCUT2D eigenvalue weighted by molar-refractivity contribution is 9.10. The van der Waals surface area contributed by atoms with Crippen LogP contribution in [0, 0.1) is 0 Å². The van der Waals surface area contributed by atoms with Crippen LogP contribution in [0.15, 0.2) is 110 Å². The molecule has 47 heavy (non-hydrogen) atoms. The Morgan fingerprint density at radius 1 is 0.936 bits per heavy atom. The minimum atomic E-state index is -0.684. The molecule has 0 N–H and O–H groups in total. The van der Waals surface area contributed by atoms with Crippen molar-refractivity contribution in [3.8, 4) is 5.75 Å². The van der Waals surface area contributed by atoms with E-state index < -0.39 is 12.0 Å². The smallest absolute Gasteiger partial charge is 0.338 e. The van der Waals surface area contributed by atoms with Gasteiger partial charge in [-0.15, -0.1) is 11.3 Å². The summed E-state index contributed by atoms with van der Waals surface area (Å²) in [4.78, 5) is 45.7. The summed E-state index contributed by atoms with van der Waals surface area (Å²) in [6, 6.07) is 25.3. The fourth-order valence-electron chi connectivity index (χ4n) is 5.14. The van der Waals surface area contributed by atoms with Crippen molar-refractivity contribution in [3.63, 3.8) is 0 Å². The maximum absolute atomic E-state index is 14.1. The molecule has 11 heteroatoms. The first-order valence-electron chi connectivity index (χ1n) is 14.9. The number of nitrogens with zero attached hydrogens (tertiary/aromatic N) is 2. The van der Waals surface area contributed by atoms with E-state index in [2.05, 4.69) is 15.9 Å². The van der Waals surface area contributed by atoms with Crippen molar-refractivity contribution in [1.29, 1.82) is 0 Å². The van der Waals surface area contributed by atoms with Crippen molar-refractivity contribution < 1.29 is 23.8 Å². The molecule has 1 atom stereocenters. The number of benzene rings is 3. The second-order valence-electron chi connectivity index (χ2n) is 10.3. The van der Waals surface area contributed by atoms with Crippen LogP contribution in [-0.2, 0) is 20.9 Å². The number of halogens is 1. The summed E-state index contributed by atoms with van der Waals surface area (Å²) in [5.74, 6) is -0.233. The second-order valence-corrected chi connectivity index (χ2v) is 13.2. The van der Waals surface area contributed by atoms with Gasteiger partial charge in [0.1, 0.15) is 18.4 Å². The molecule has 0 aliphatic carbocycles. The molecular weight excluding hydrogens is 700 g/mol. The Kier molecular flexibility index (Phi) is 9.95. The molecule has 0 radical (unpaired) electrons. The predicted octanol–water partition coefficient (Wildman–Crippen LogP) is 6.52. The lowest BCUT2D eigenvalue weighted by Crippen LogP contribution is -2.39. The van der Waals surface area contributed by atoms with Gasteiger partial charge in [-0.25, -0.2) is 14.6 Å². The number of hydrogen-bond acceptors (Lipinski definition) is 9. The summed E-state index contributed by atoms with van der Waals surface area (Å²) >= 11 is 6.35. The van der Waals surface area contributed by atoms with Gasteiger partial charge in [0.15, 0.2) is 4.80 Å². The van der Waals surface area contributed by atoms with Gasteiger partial charge in [-0.05, 0) is 82.7 Å². The number of esters is 2. The lowest BCUT2D eigenvalue weighted by Gasteiger charge is -2.24. The Labute approximate surface area is 287 Å². The number of carbonyl (C=O) groups excluding carboxylic acids is 2. The van der Waals surface area contributed by atoms with Crippen LogP contribution in [0.3, 0.4) is 0 Å². The van der Waals surface area contributed by atoms with Gasteiger partial charge in [-0.1, -0.05) is 65.9 Å². The van der Waals surface area contributed by atoms with Gasteiger partial charge in [0.05, 0.1) is 39.1 Å². The van der Waals surface area contributed by atoms with Crippen molar-refractivity contribution in [1.82, 2.24) is 4.57 Å². The molecule has 0 saturated carbocycles.